The molecule has 2 heterocycles. The summed E-state index contributed by atoms with van der Waals surface area (Å²) in [6.07, 6.45) is 2.64. The van der Waals surface area contributed by atoms with Crippen molar-refractivity contribution < 1.29 is 24.8 Å². The smallest absolute Gasteiger partial charge is 0.338 e. The van der Waals surface area contributed by atoms with E-state index in [9.17, 15) is 4.79 Å². The first-order valence-electron chi connectivity index (χ1n) is 13.7. The highest BCUT2D eigenvalue weighted by molar-refractivity contribution is 6.30. The molecule has 0 atom stereocenters. The second kappa shape index (κ2) is 14.1. The van der Waals surface area contributed by atoms with Crippen LogP contribution in [0.1, 0.15) is 52.8 Å². The molecular weight excluding hydrogens is 574 g/mol. The number of carbonyl (C=O) groups excluding carboxylic acids is 1. The Labute approximate surface area is 252 Å². The Morgan fingerprint density at radius 2 is 1.74 bits per heavy atom. The molecule has 0 aliphatic heterocycles. The van der Waals surface area contributed by atoms with E-state index in [-0.39, 0.29) is 23.9 Å². The first kappa shape index (κ1) is 30.0. The molecule has 0 amide bonds. The van der Waals surface area contributed by atoms with Crippen molar-refractivity contribution in [3.63, 3.8) is 0 Å². The lowest BCUT2D eigenvalue weighted by atomic mass is 9.98. The molecule has 0 aliphatic rings. The largest absolute Gasteiger partial charge is 0.456 e. The number of H-pyrrole nitrogens is 1. The highest BCUT2D eigenvalue weighted by atomic mass is 35.5. The van der Waals surface area contributed by atoms with Crippen LogP contribution in [0.15, 0.2) is 72.8 Å². The monoisotopic (exact) mass is 603 g/mol. The van der Waals surface area contributed by atoms with Crippen LogP contribution in [0.3, 0.4) is 0 Å². The van der Waals surface area contributed by atoms with Gasteiger partial charge in [-0.2, -0.15) is 5.21 Å². The number of rotatable bonds is 13. The van der Waals surface area contributed by atoms with E-state index >= 15 is 0 Å². The number of benzene rings is 3. The number of unbranched alkanes of at least 4 members (excludes halogenated alkanes) is 1. The number of nitrogens with zero attached hydrogens (tertiary/aromatic N) is 6. The van der Waals surface area contributed by atoms with E-state index in [1.54, 1.807) is 24.3 Å². The highest BCUT2D eigenvalue weighted by Crippen LogP contribution is 2.30. The number of nitrogens with one attached hydrogen (secondary N) is 1. The van der Waals surface area contributed by atoms with Crippen molar-refractivity contribution >= 4 is 17.6 Å². The van der Waals surface area contributed by atoms with Crippen molar-refractivity contribution in [1.29, 1.82) is 0 Å². The molecule has 0 saturated heterocycles. The van der Waals surface area contributed by atoms with Crippen molar-refractivity contribution in [3.05, 3.63) is 106 Å². The zero-order valence-electron chi connectivity index (χ0n) is 23.4. The number of hydrogen-bond donors (Lipinski definition) is 3. The highest BCUT2D eigenvalue weighted by Gasteiger charge is 2.20. The normalized spacial score (nSPS) is 11.3. The predicted molar refractivity (Wildman–Crippen MR) is 156 cm³/mol. The van der Waals surface area contributed by atoms with E-state index in [0.717, 1.165) is 47.3 Å². The maximum absolute atomic E-state index is 13.0. The molecule has 43 heavy (non-hydrogen) atoms. The number of imidazole rings is 1. The van der Waals surface area contributed by atoms with Crippen LogP contribution in [0.2, 0.25) is 5.15 Å². The van der Waals surface area contributed by atoms with Crippen LogP contribution in [0.4, 0.5) is 0 Å². The lowest BCUT2D eigenvalue weighted by molar-refractivity contribution is -0.497. The van der Waals surface area contributed by atoms with Gasteiger partial charge in [0.05, 0.1) is 23.3 Å². The summed E-state index contributed by atoms with van der Waals surface area (Å²) in [4.78, 5) is 22.3. The van der Waals surface area contributed by atoms with Gasteiger partial charge in [0.1, 0.15) is 12.4 Å². The van der Waals surface area contributed by atoms with Gasteiger partial charge in [-0.3, -0.25) is 10.4 Å². The van der Waals surface area contributed by atoms with Gasteiger partial charge in [0.2, 0.25) is 5.82 Å². The van der Waals surface area contributed by atoms with Gasteiger partial charge in [0.15, 0.2) is 5.15 Å². The zero-order valence-corrected chi connectivity index (χ0v) is 24.1. The number of carbonyl (C=O) groups is 1. The zero-order chi connectivity index (χ0) is 30.2. The molecule has 3 aromatic carbocycles. The molecule has 3 N–H and O–H groups in total. The van der Waals surface area contributed by atoms with Gasteiger partial charge in [-0.1, -0.05) is 91.7 Å². The fraction of sp³-hybridized carbons (Fsp3) is 0.233. The second-order valence-corrected chi connectivity index (χ2v) is 10.1. The average molecular weight is 604 g/mol. The number of aryl methyl sites for hydroxylation is 1. The topological polar surface area (TPSA) is 152 Å². The minimum absolute atomic E-state index is 0.103. The summed E-state index contributed by atoms with van der Waals surface area (Å²) in [5.41, 5.74) is 5.10. The second-order valence-electron chi connectivity index (χ2n) is 9.69. The molecule has 5 aromatic rings. The van der Waals surface area contributed by atoms with Gasteiger partial charge in [-0.05, 0) is 40.0 Å². The molecule has 12 nitrogen and oxygen atoms in total. The van der Waals surface area contributed by atoms with Crippen molar-refractivity contribution in [3.8, 4) is 22.5 Å². The minimum Gasteiger partial charge on any atom is -0.456 e. The van der Waals surface area contributed by atoms with Gasteiger partial charge < -0.3 is 9.30 Å². The summed E-state index contributed by atoms with van der Waals surface area (Å²) in [6, 6.07) is 22.6. The van der Waals surface area contributed by atoms with Crippen LogP contribution < -0.4 is 0 Å². The van der Waals surface area contributed by atoms with E-state index in [1.165, 1.54) is 0 Å². The maximum atomic E-state index is 13.0. The summed E-state index contributed by atoms with van der Waals surface area (Å²) in [5, 5.41) is 32.1. The van der Waals surface area contributed by atoms with Crippen molar-refractivity contribution in [1.82, 2.24) is 35.6 Å². The molecular formula is C30H30ClN7O5. The van der Waals surface area contributed by atoms with Gasteiger partial charge in [0.25, 0.3) is 0 Å². The summed E-state index contributed by atoms with van der Waals surface area (Å²) in [5.74, 6) is 0.723. The summed E-state index contributed by atoms with van der Waals surface area (Å²) in [7, 11) is 0. The SMILES string of the molecule is CCCCc1nc(Cl)c(COC(=O)c2ccccc2CON(O)O)n1Cc1ccc(-c2ccccc2-c2nn[nH]n2)cc1. The minimum atomic E-state index is -0.606. The molecule has 222 valence electrons. The maximum Gasteiger partial charge on any atom is 0.338 e. The number of aromatic amines is 1. The fourth-order valence-electron chi connectivity index (χ4n) is 4.72. The fourth-order valence-corrected chi connectivity index (χ4v) is 4.97. The third kappa shape index (κ3) is 7.31. The molecule has 0 aliphatic carbocycles. The molecule has 5 rings (SSSR count). The third-order valence-corrected chi connectivity index (χ3v) is 7.19. The van der Waals surface area contributed by atoms with Crippen molar-refractivity contribution in [2.75, 3.05) is 0 Å². The molecule has 13 heteroatoms. The third-order valence-electron chi connectivity index (χ3n) is 6.89. The number of tetrazole rings is 1. The van der Waals surface area contributed by atoms with Gasteiger partial charge >= 0.3 is 5.97 Å². The standard InChI is InChI=1S/C30H30ClN7O5/c1-2-3-12-27-32-28(31)26(19-42-30(39)24-10-5-4-8-22(24)18-43-38(40)41)37(27)17-20-13-15-21(16-14-20)23-9-6-7-11-25(23)29-33-35-36-34-29/h4-11,13-16,40-41H,2-3,12,17-19H2,1H3,(H,33,34,35,36). The van der Waals surface area contributed by atoms with E-state index < -0.39 is 11.4 Å². The molecule has 0 spiro atoms. The Morgan fingerprint density at radius 3 is 2.47 bits per heavy atom. The molecule has 0 fully saturated rings. The van der Waals surface area contributed by atoms with Crippen molar-refractivity contribution in [2.24, 2.45) is 0 Å². The van der Waals surface area contributed by atoms with Gasteiger partial charge in [-0.15, -0.1) is 10.2 Å². The number of hydrogen-bond acceptors (Lipinski definition) is 10. The molecule has 0 unspecified atom stereocenters. The predicted octanol–water partition coefficient (Wildman–Crippen LogP) is 5.64. The first-order valence-corrected chi connectivity index (χ1v) is 14.0. The Morgan fingerprint density at radius 1 is 1.00 bits per heavy atom. The van der Waals surface area contributed by atoms with Crippen LogP contribution in [0, 0.1) is 0 Å². The first-order chi connectivity index (χ1) is 20.9. The molecule has 0 saturated carbocycles. The quantitative estimate of drug-likeness (QED) is 0.114. The van der Waals surface area contributed by atoms with Crippen LogP contribution in [0.5, 0.6) is 0 Å². The number of aromatic nitrogens is 6. The summed E-state index contributed by atoms with van der Waals surface area (Å²) < 4.78 is 7.66. The van der Waals surface area contributed by atoms with Crippen LogP contribution in [0.25, 0.3) is 22.5 Å². The number of esters is 1. The van der Waals surface area contributed by atoms with Gasteiger partial charge in [-0.25, -0.2) is 14.6 Å². The summed E-state index contributed by atoms with van der Waals surface area (Å²) >= 11 is 6.59. The lowest BCUT2D eigenvalue weighted by Gasteiger charge is -2.14. The van der Waals surface area contributed by atoms with E-state index in [2.05, 4.69) is 37.4 Å². The summed E-state index contributed by atoms with van der Waals surface area (Å²) in [6.45, 7) is 2.24. The molecule has 0 bridgehead atoms. The van der Waals surface area contributed by atoms with Crippen LogP contribution >= 0.6 is 11.6 Å². The molecule has 0 radical (unpaired) electrons. The van der Waals surface area contributed by atoms with E-state index in [1.807, 2.05) is 53.1 Å². The number of ether oxygens (including phenoxy) is 1. The average Bonchev–Trinajstić information content (AvgIpc) is 3.66. The number of halogens is 1. The van der Waals surface area contributed by atoms with E-state index in [0.29, 0.717) is 23.6 Å². The van der Waals surface area contributed by atoms with Crippen LogP contribution in [-0.2, 0) is 35.8 Å². The van der Waals surface area contributed by atoms with E-state index in [4.69, 9.17) is 26.8 Å². The Kier molecular flexibility index (Phi) is 9.87. The Bertz CT molecular complexity index is 1660. The lowest BCUT2D eigenvalue weighted by Crippen LogP contribution is -2.16. The Balaban J connectivity index is 1.37. The van der Waals surface area contributed by atoms with Crippen LogP contribution in [-0.4, -0.2) is 51.9 Å². The Hall–Kier alpha value is -4.46. The van der Waals surface area contributed by atoms with Crippen molar-refractivity contribution in [2.45, 2.75) is 45.9 Å². The van der Waals surface area contributed by atoms with Gasteiger partial charge in [0, 0.05) is 18.5 Å². The molecule has 2 aromatic heterocycles.